The van der Waals surface area contributed by atoms with Gasteiger partial charge in [0.1, 0.15) is 44.1 Å². The fourth-order valence-electron chi connectivity index (χ4n) is 7.90. The minimum atomic E-state index is -0.887. The number of unbranched alkanes of at least 4 members (excludes halogenated alkanes) is 1. The first-order chi connectivity index (χ1) is 31.1. The van der Waals surface area contributed by atoms with Gasteiger partial charge in [0.05, 0.1) is 23.4 Å². The molecule has 1 aliphatic rings. The van der Waals surface area contributed by atoms with Crippen molar-refractivity contribution in [1.29, 1.82) is 5.26 Å². The summed E-state index contributed by atoms with van der Waals surface area (Å²) in [5.41, 5.74) is 2.53. The predicted octanol–water partition coefficient (Wildman–Crippen LogP) is 7.55. The van der Waals surface area contributed by atoms with Gasteiger partial charge in [-0.15, -0.1) is 0 Å². The van der Waals surface area contributed by atoms with Gasteiger partial charge >= 0.3 is 30.0 Å². The lowest BCUT2D eigenvalue weighted by Crippen LogP contribution is -2.52. The molecular formula is C48H66N6O11. The van der Waals surface area contributed by atoms with Crippen LogP contribution in [0.1, 0.15) is 122 Å². The molecule has 0 bridgehead atoms. The molecule has 3 aromatic rings. The quantitative estimate of drug-likeness (QED) is 0.0389. The molecule has 0 aliphatic carbocycles. The van der Waals surface area contributed by atoms with E-state index in [2.05, 4.69) is 16.9 Å². The Balaban J connectivity index is 1.24. The zero-order chi connectivity index (χ0) is 47.6. The molecule has 4 atom stereocenters. The number of ether oxygens (including phenoxy) is 5. The van der Waals surface area contributed by atoms with Crippen LogP contribution in [0, 0.1) is 42.9 Å². The van der Waals surface area contributed by atoms with Crippen molar-refractivity contribution in [2.45, 2.75) is 138 Å². The number of anilines is 1. The summed E-state index contributed by atoms with van der Waals surface area (Å²) in [6, 6.07) is 7.29. The molecule has 3 heterocycles. The molecule has 0 N–H and O–H groups in total. The number of aromatic nitrogens is 3. The van der Waals surface area contributed by atoms with Crippen LogP contribution in [-0.4, -0.2) is 101 Å². The van der Waals surface area contributed by atoms with Crippen molar-refractivity contribution >= 4 is 52.7 Å². The number of rotatable bonds is 23. The van der Waals surface area contributed by atoms with Crippen LogP contribution in [-0.2, 0) is 49.5 Å². The van der Waals surface area contributed by atoms with Gasteiger partial charge in [0.15, 0.2) is 11.8 Å². The maximum atomic E-state index is 13.4. The van der Waals surface area contributed by atoms with Gasteiger partial charge in [-0.2, -0.15) is 5.26 Å². The summed E-state index contributed by atoms with van der Waals surface area (Å²) in [6.45, 7) is 13.9. The zero-order valence-corrected chi connectivity index (χ0v) is 39.3. The van der Waals surface area contributed by atoms with Crippen LogP contribution in [0.3, 0.4) is 0 Å². The number of nitriles is 1. The highest BCUT2D eigenvalue weighted by Crippen LogP contribution is 2.31. The second-order valence-electron chi connectivity index (χ2n) is 17.2. The summed E-state index contributed by atoms with van der Waals surface area (Å²) >= 11 is 0. The van der Waals surface area contributed by atoms with Crippen molar-refractivity contribution in [2.24, 2.45) is 17.8 Å². The number of hydrogen-bond acceptors (Lipinski definition) is 15. The first-order valence-corrected chi connectivity index (χ1v) is 22.8. The van der Waals surface area contributed by atoms with Gasteiger partial charge in [0.25, 0.3) is 0 Å². The third-order valence-corrected chi connectivity index (χ3v) is 11.6. The van der Waals surface area contributed by atoms with Gasteiger partial charge in [0.2, 0.25) is 5.91 Å². The van der Waals surface area contributed by atoms with E-state index in [-0.39, 0.29) is 81.2 Å². The molecule has 2 aromatic heterocycles. The summed E-state index contributed by atoms with van der Waals surface area (Å²) < 4.78 is 28.9. The normalized spacial score (nSPS) is 15.7. The Labute approximate surface area is 382 Å². The number of aryl methyl sites for hydroxylation is 2. The van der Waals surface area contributed by atoms with Crippen LogP contribution < -0.4 is 9.64 Å². The lowest BCUT2D eigenvalue weighted by atomic mass is 9.92. The molecule has 0 saturated carbocycles. The van der Waals surface area contributed by atoms with Crippen LogP contribution in [0.15, 0.2) is 30.7 Å². The van der Waals surface area contributed by atoms with Crippen LogP contribution in [0.2, 0.25) is 0 Å². The third-order valence-electron chi connectivity index (χ3n) is 11.6. The minimum absolute atomic E-state index is 0.00490. The van der Waals surface area contributed by atoms with E-state index in [1.54, 1.807) is 17.2 Å². The predicted molar refractivity (Wildman–Crippen MR) is 240 cm³/mol. The SMILES string of the molecule is CCCC(=O)OCC(COC(=O)CCC)OC(=O)CC(C)CCCCC(C)C(=O)Oc1c(C)cc(COC(=O)n2ccc3c(N(C)[C@H]4CN(C(=O)CC#N)CC[C@H]4C)ncnc32)cc1C. The summed E-state index contributed by atoms with van der Waals surface area (Å²) in [5, 5.41) is 9.68. The van der Waals surface area contributed by atoms with E-state index in [0.29, 0.717) is 60.5 Å². The van der Waals surface area contributed by atoms with Crippen LogP contribution in [0.25, 0.3) is 11.0 Å². The smallest absolute Gasteiger partial charge is 0.420 e. The topological polar surface area (TPSA) is 210 Å². The summed E-state index contributed by atoms with van der Waals surface area (Å²) in [4.78, 5) is 88.2. The van der Waals surface area contributed by atoms with E-state index >= 15 is 0 Å². The van der Waals surface area contributed by atoms with Crippen molar-refractivity contribution in [3.05, 3.63) is 47.4 Å². The van der Waals surface area contributed by atoms with E-state index < -0.39 is 30.1 Å². The number of fused-ring (bicyclic) bond motifs is 1. The number of esters is 4. The monoisotopic (exact) mass is 902 g/mol. The van der Waals surface area contributed by atoms with E-state index in [4.69, 9.17) is 28.9 Å². The average molecular weight is 903 g/mol. The van der Waals surface area contributed by atoms with Crippen LogP contribution >= 0.6 is 0 Å². The summed E-state index contributed by atoms with van der Waals surface area (Å²) in [7, 11) is 1.91. The first-order valence-electron chi connectivity index (χ1n) is 22.8. The van der Waals surface area contributed by atoms with Gasteiger partial charge in [0, 0.05) is 45.6 Å². The lowest BCUT2D eigenvalue weighted by molar-refractivity contribution is -0.167. The number of benzene rings is 1. The fourth-order valence-corrected chi connectivity index (χ4v) is 7.90. The molecular weight excluding hydrogens is 837 g/mol. The molecule has 354 valence electrons. The molecule has 1 saturated heterocycles. The van der Waals surface area contributed by atoms with Crippen molar-refractivity contribution < 1.29 is 52.5 Å². The number of amides is 1. The summed E-state index contributed by atoms with van der Waals surface area (Å²) in [6.07, 6.45) is 6.80. The maximum Gasteiger partial charge on any atom is 0.420 e. The molecule has 17 nitrogen and oxygen atoms in total. The molecule has 0 spiro atoms. The van der Waals surface area contributed by atoms with E-state index in [9.17, 15) is 28.8 Å². The van der Waals surface area contributed by atoms with Gasteiger partial charge in [-0.25, -0.2) is 19.3 Å². The van der Waals surface area contributed by atoms with Gasteiger partial charge < -0.3 is 33.5 Å². The van der Waals surface area contributed by atoms with Crippen molar-refractivity contribution in [3.63, 3.8) is 0 Å². The highest BCUT2D eigenvalue weighted by atomic mass is 16.6. The number of carbonyl (C=O) groups is 6. The summed E-state index contributed by atoms with van der Waals surface area (Å²) in [5.74, 6) is -0.891. The third kappa shape index (κ3) is 15.3. The van der Waals surface area contributed by atoms with Gasteiger partial charge in [-0.1, -0.05) is 53.9 Å². The molecule has 1 aromatic carbocycles. The molecule has 4 rings (SSSR count). The first kappa shape index (κ1) is 51.6. The molecule has 2 unspecified atom stereocenters. The van der Waals surface area contributed by atoms with Crippen LogP contribution in [0.4, 0.5) is 10.6 Å². The second kappa shape index (κ2) is 25.4. The number of piperidine rings is 1. The van der Waals surface area contributed by atoms with E-state index in [0.717, 1.165) is 36.8 Å². The Kier molecular flexibility index (Phi) is 20.2. The Morgan fingerprint density at radius 3 is 2.20 bits per heavy atom. The molecule has 0 radical (unpaired) electrons. The van der Waals surface area contributed by atoms with Crippen molar-refractivity contribution in [3.8, 4) is 11.8 Å². The Morgan fingerprint density at radius 1 is 0.923 bits per heavy atom. The Morgan fingerprint density at radius 2 is 1.57 bits per heavy atom. The number of nitrogens with zero attached hydrogens (tertiary/aromatic N) is 6. The largest absolute Gasteiger partial charge is 0.462 e. The molecule has 1 fully saturated rings. The molecule has 1 aliphatic heterocycles. The van der Waals surface area contributed by atoms with E-state index in [1.165, 1.54) is 10.9 Å². The number of likely N-dealkylation sites (tertiary alicyclic amines) is 1. The standard InChI is InChI=1S/C48H66N6O11/c1-9-13-41(56)61-28-37(29-62-42(57)14-10-2)64-43(58)23-31(3)15-11-12-16-33(5)47(59)65-44-34(6)24-36(25-35(44)7)27-63-48(60)54-22-19-38-45(50-30-51-46(38)54)52(8)39-26-53(21-18-32(39)4)40(55)17-20-49/h19,22,24-25,30-33,37,39H,9-18,21,23,26-29H2,1-8H3/t31?,32-,33?,39+/m1/s1. The number of hydrogen-bond donors (Lipinski definition) is 0. The number of likely N-dealkylation sites (N-methyl/N-ethyl adjacent to an activating group) is 1. The fraction of sp³-hybridized carbons (Fsp3) is 0.604. The van der Waals surface area contributed by atoms with Crippen LogP contribution in [0.5, 0.6) is 5.75 Å². The van der Waals surface area contributed by atoms with Crippen molar-refractivity contribution in [2.75, 3.05) is 38.3 Å². The molecule has 1 amide bonds. The van der Waals surface area contributed by atoms with Gasteiger partial charge in [-0.3, -0.25) is 24.0 Å². The van der Waals surface area contributed by atoms with Gasteiger partial charge in [-0.05, 0) is 86.3 Å². The number of carbonyl (C=O) groups excluding carboxylic acids is 6. The average Bonchev–Trinajstić information content (AvgIpc) is 3.71. The minimum Gasteiger partial charge on any atom is -0.462 e. The molecule has 17 heteroatoms. The Hall–Kier alpha value is -6.05. The lowest BCUT2D eigenvalue weighted by Gasteiger charge is -2.42. The Bertz CT molecular complexity index is 2120. The van der Waals surface area contributed by atoms with E-state index in [1.807, 2.05) is 71.7 Å². The molecule has 65 heavy (non-hydrogen) atoms. The zero-order valence-electron chi connectivity index (χ0n) is 39.3. The van der Waals surface area contributed by atoms with Crippen molar-refractivity contribution in [1.82, 2.24) is 19.4 Å². The highest BCUT2D eigenvalue weighted by Gasteiger charge is 2.33. The highest BCUT2D eigenvalue weighted by molar-refractivity contribution is 5.93. The maximum absolute atomic E-state index is 13.4. The second-order valence-corrected chi connectivity index (χ2v) is 17.2.